The first kappa shape index (κ1) is 21.2. The van der Waals surface area contributed by atoms with Crippen molar-refractivity contribution in [2.45, 2.75) is 46.5 Å². The lowest BCUT2D eigenvalue weighted by molar-refractivity contribution is -0.148. The van der Waals surface area contributed by atoms with Crippen molar-refractivity contribution in [2.75, 3.05) is 13.7 Å². The molecule has 0 radical (unpaired) electrons. The fraction of sp³-hybridized carbons (Fsp3) is 0.476. The average molecular weight is 393 g/mol. The van der Waals surface area contributed by atoms with Crippen molar-refractivity contribution in [3.63, 3.8) is 0 Å². The molecule has 2 rings (SSSR count). The van der Waals surface area contributed by atoms with Gasteiger partial charge in [0.2, 0.25) is 0 Å². The molecule has 0 saturated carbocycles. The second kappa shape index (κ2) is 7.89. The number of carbonyl (C=O) groups is 1. The normalized spacial score (nSPS) is 23.9. The molecule has 0 bridgehead atoms. The third-order valence-electron chi connectivity index (χ3n) is 4.64. The van der Waals surface area contributed by atoms with Crippen molar-refractivity contribution in [3.05, 3.63) is 40.3 Å². The Bertz CT molecular complexity index is 812. The Morgan fingerprint density at radius 2 is 1.96 bits per heavy atom. The third kappa shape index (κ3) is 4.43. The molecule has 148 valence electrons. The van der Waals surface area contributed by atoms with E-state index in [-0.39, 0.29) is 4.91 Å². The Hall–Kier alpha value is -2.08. The van der Waals surface area contributed by atoms with Gasteiger partial charge < -0.3 is 14.2 Å². The molecule has 0 amide bonds. The highest BCUT2D eigenvalue weighted by atomic mass is 32.2. The summed E-state index contributed by atoms with van der Waals surface area (Å²) in [4.78, 5) is 11.5. The van der Waals surface area contributed by atoms with E-state index < -0.39 is 27.1 Å². The van der Waals surface area contributed by atoms with E-state index in [1.54, 1.807) is 38.3 Å². The molecular formula is C21H28O5S. The monoisotopic (exact) mass is 392 g/mol. The summed E-state index contributed by atoms with van der Waals surface area (Å²) in [6, 6.07) is 5.30. The number of esters is 1. The van der Waals surface area contributed by atoms with Gasteiger partial charge >= 0.3 is 5.97 Å². The maximum absolute atomic E-state index is 13.0. The molecular weight excluding hydrogens is 364 g/mol. The van der Waals surface area contributed by atoms with Crippen LogP contribution in [0.2, 0.25) is 0 Å². The molecule has 0 N–H and O–H groups in total. The lowest BCUT2D eigenvalue weighted by Gasteiger charge is -2.34. The minimum Gasteiger partial charge on any atom is -0.497 e. The molecule has 1 aliphatic heterocycles. The van der Waals surface area contributed by atoms with Crippen LogP contribution in [0.15, 0.2) is 34.8 Å². The van der Waals surface area contributed by atoms with Crippen molar-refractivity contribution in [2.24, 2.45) is 5.41 Å². The second-order valence-electron chi connectivity index (χ2n) is 7.86. The molecule has 1 fully saturated rings. The van der Waals surface area contributed by atoms with Crippen molar-refractivity contribution < 1.29 is 23.2 Å². The molecule has 0 aliphatic carbocycles. The summed E-state index contributed by atoms with van der Waals surface area (Å²) >= 11 is 0. The van der Waals surface area contributed by atoms with E-state index in [2.05, 4.69) is 0 Å². The Balaban J connectivity index is 2.44. The van der Waals surface area contributed by atoms with Gasteiger partial charge in [-0.25, -0.2) is 9.00 Å². The minimum atomic E-state index is -1.60. The molecule has 0 aromatic heterocycles. The number of carbonyl (C=O) groups excluding carboxylic acids is 1. The van der Waals surface area contributed by atoms with E-state index in [4.69, 9.17) is 14.2 Å². The molecule has 1 aromatic rings. The number of hydrogen-bond donors (Lipinski definition) is 0. The van der Waals surface area contributed by atoms with Crippen molar-refractivity contribution >= 4 is 22.8 Å². The van der Waals surface area contributed by atoms with E-state index in [1.807, 2.05) is 40.7 Å². The van der Waals surface area contributed by atoms with E-state index >= 15 is 0 Å². The maximum Gasteiger partial charge on any atom is 0.348 e. The summed E-state index contributed by atoms with van der Waals surface area (Å²) in [5.41, 5.74) is 1.32. The van der Waals surface area contributed by atoms with E-state index in [0.29, 0.717) is 23.7 Å². The number of allylic oxidation sites excluding steroid dienone is 1. The Morgan fingerprint density at radius 1 is 1.30 bits per heavy atom. The highest BCUT2D eigenvalue weighted by molar-refractivity contribution is 7.92. The van der Waals surface area contributed by atoms with Crippen molar-refractivity contribution in [1.82, 2.24) is 0 Å². The zero-order valence-electron chi connectivity index (χ0n) is 17.0. The number of methoxy groups -OCH3 is 1. The molecule has 0 spiro atoms. The predicted octanol–water partition coefficient (Wildman–Crippen LogP) is 4.45. The number of hydrogen-bond acceptors (Lipinski definition) is 5. The summed E-state index contributed by atoms with van der Waals surface area (Å²) in [6.07, 6.45) is 3.54. The van der Waals surface area contributed by atoms with Crippen LogP contribution >= 0.6 is 0 Å². The molecule has 27 heavy (non-hydrogen) atoms. The predicted molar refractivity (Wildman–Crippen MR) is 108 cm³/mol. The smallest absolute Gasteiger partial charge is 0.348 e. The molecule has 2 unspecified atom stereocenters. The van der Waals surface area contributed by atoms with Crippen LogP contribution in [-0.2, 0) is 20.3 Å². The van der Waals surface area contributed by atoms with Crippen LogP contribution in [0.3, 0.4) is 0 Å². The molecule has 1 saturated heterocycles. The van der Waals surface area contributed by atoms with Gasteiger partial charge in [0, 0.05) is 17.0 Å². The molecule has 1 heterocycles. The summed E-state index contributed by atoms with van der Waals surface area (Å²) < 4.78 is 29.7. The molecule has 1 aliphatic rings. The summed E-state index contributed by atoms with van der Waals surface area (Å²) in [5, 5.41) is 0. The summed E-state index contributed by atoms with van der Waals surface area (Å²) in [7, 11) is -0.0270. The first-order valence-electron chi connectivity index (χ1n) is 8.80. The quantitative estimate of drug-likeness (QED) is 0.421. The average Bonchev–Trinajstić information content (AvgIpc) is 2.79. The fourth-order valence-corrected chi connectivity index (χ4v) is 3.97. The molecule has 5 nitrogen and oxygen atoms in total. The van der Waals surface area contributed by atoms with Gasteiger partial charge in [0.25, 0.3) is 0 Å². The SMILES string of the molecule is COc1ccc(/C=C2/C(=O)OC(C)(C(C)(C)C)S2=O)c(OCC=C(C)C)c1. The number of ether oxygens (including phenoxy) is 3. The van der Waals surface area contributed by atoms with Crippen molar-refractivity contribution in [3.8, 4) is 11.5 Å². The van der Waals surface area contributed by atoms with Crippen LogP contribution in [0.5, 0.6) is 11.5 Å². The Kier molecular flexibility index (Phi) is 6.20. The number of cyclic esters (lactones) is 1. The first-order chi connectivity index (χ1) is 12.5. The third-order valence-corrected chi connectivity index (χ3v) is 6.73. The van der Waals surface area contributed by atoms with E-state index in [1.165, 1.54) is 0 Å². The van der Waals surface area contributed by atoms with Gasteiger partial charge in [-0.05, 0) is 45.1 Å². The fourth-order valence-electron chi connectivity index (χ4n) is 2.42. The number of rotatable bonds is 5. The zero-order chi connectivity index (χ0) is 20.4. The number of benzene rings is 1. The van der Waals surface area contributed by atoms with Crippen LogP contribution in [0, 0.1) is 5.41 Å². The summed E-state index contributed by atoms with van der Waals surface area (Å²) in [5.74, 6) is 0.629. The Labute approximate surface area is 163 Å². The largest absolute Gasteiger partial charge is 0.497 e. The van der Waals surface area contributed by atoms with Gasteiger partial charge in [0.1, 0.15) is 33.8 Å². The van der Waals surface area contributed by atoms with Gasteiger partial charge in [-0.3, -0.25) is 0 Å². The lowest BCUT2D eigenvalue weighted by Crippen LogP contribution is -2.42. The second-order valence-corrected chi connectivity index (χ2v) is 9.62. The lowest BCUT2D eigenvalue weighted by atomic mass is 9.89. The van der Waals surface area contributed by atoms with Gasteiger partial charge in [-0.1, -0.05) is 26.3 Å². The summed E-state index contributed by atoms with van der Waals surface area (Å²) in [6.45, 7) is 11.8. The van der Waals surface area contributed by atoms with Crippen LogP contribution < -0.4 is 9.47 Å². The highest BCUT2D eigenvalue weighted by Gasteiger charge is 2.54. The highest BCUT2D eigenvalue weighted by Crippen LogP contribution is 2.45. The Morgan fingerprint density at radius 3 is 2.48 bits per heavy atom. The van der Waals surface area contributed by atoms with Gasteiger partial charge in [-0.15, -0.1) is 0 Å². The van der Waals surface area contributed by atoms with E-state index in [0.717, 1.165) is 5.57 Å². The van der Waals surface area contributed by atoms with Crippen LogP contribution in [0.4, 0.5) is 0 Å². The zero-order valence-corrected chi connectivity index (χ0v) is 17.9. The van der Waals surface area contributed by atoms with Crippen LogP contribution in [0.25, 0.3) is 6.08 Å². The van der Waals surface area contributed by atoms with Gasteiger partial charge in [0.15, 0.2) is 4.93 Å². The molecule has 6 heteroatoms. The van der Waals surface area contributed by atoms with Crippen LogP contribution in [0.1, 0.15) is 47.1 Å². The maximum atomic E-state index is 13.0. The molecule has 2 atom stereocenters. The topological polar surface area (TPSA) is 61.8 Å². The van der Waals surface area contributed by atoms with Gasteiger partial charge in [0.05, 0.1) is 7.11 Å². The minimum absolute atomic E-state index is 0.143. The molecule has 1 aromatic carbocycles. The van der Waals surface area contributed by atoms with E-state index in [9.17, 15) is 9.00 Å². The first-order valence-corrected chi connectivity index (χ1v) is 9.95. The standard InChI is InChI=1S/C21H28O5S/c1-14(2)10-11-25-17-13-16(24-7)9-8-15(17)12-18-19(22)26-21(6,27(18)23)20(3,4)5/h8-10,12-13H,11H2,1-7H3/b18-12-. The van der Waals surface area contributed by atoms with Crippen molar-refractivity contribution in [1.29, 1.82) is 0 Å². The van der Waals surface area contributed by atoms with Gasteiger partial charge in [-0.2, -0.15) is 0 Å². The van der Waals surface area contributed by atoms with Crippen LogP contribution in [-0.4, -0.2) is 28.8 Å².